The molecule has 20 heavy (non-hydrogen) atoms. The monoisotopic (exact) mass is 279 g/mol. The molecule has 3 unspecified atom stereocenters. The van der Waals surface area contributed by atoms with Gasteiger partial charge in [-0.05, 0) is 19.1 Å². The van der Waals surface area contributed by atoms with E-state index in [1.165, 1.54) is 0 Å². The number of ether oxygens (including phenoxy) is 1. The third-order valence-corrected chi connectivity index (χ3v) is 3.25. The maximum absolute atomic E-state index is 12.4. The van der Waals surface area contributed by atoms with Crippen LogP contribution in [0.25, 0.3) is 0 Å². The number of carbonyl (C=O) groups is 2. The number of nitrogens with zero attached hydrogens (tertiary/aromatic N) is 1. The fourth-order valence-electron chi connectivity index (χ4n) is 2.27. The molecule has 1 fully saturated rings. The average Bonchev–Trinajstić information content (AvgIpc) is 2.75. The molecule has 2 N–H and O–H groups in total. The summed E-state index contributed by atoms with van der Waals surface area (Å²) < 4.78 is 4.86. The van der Waals surface area contributed by atoms with E-state index in [1.807, 2.05) is 0 Å². The van der Waals surface area contributed by atoms with Gasteiger partial charge in [0.15, 0.2) is 6.04 Å². The Kier molecular flexibility index (Phi) is 4.36. The third-order valence-electron chi connectivity index (χ3n) is 3.25. The molecule has 1 heterocycles. The normalized spacial score (nSPS) is 25.6. The van der Waals surface area contributed by atoms with Crippen LogP contribution in [0.15, 0.2) is 30.3 Å². The number of likely N-dealkylation sites (tertiary alicyclic amines) is 1. The molecule has 0 saturated carbocycles. The minimum Gasteiger partial charge on any atom is -0.464 e. The van der Waals surface area contributed by atoms with Crippen LogP contribution in [-0.4, -0.2) is 58.4 Å². The zero-order valence-corrected chi connectivity index (χ0v) is 11.1. The van der Waals surface area contributed by atoms with Crippen molar-refractivity contribution in [3.8, 4) is 0 Å². The molecule has 1 aromatic rings. The van der Waals surface area contributed by atoms with Crippen LogP contribution in [0.3, 0.4) is 0 Å². The van der Waals surface area contributed by atoms with Crippen LogP contribution < -0.4 is 0 Å². The molecule has 1 saturated heterocycles. The van der Waals surface area contributed by atoms with Crippen molar-refractivity contribution in [2.45, 2.75) is 25.2 Å². The minimum absolute atomic E-state index is 0.0988. The second kappa shape index (κ2) is 6.02. The first-order valence-electron chi connectivity index (χ1n) is 6.45. The highest BCUT2D eigenvalue weighted by Gasteiger charge is 2.47. The van der Waals surface area contributed by atoms with E-state index in [-0.39, 0.29) is 13.2 Å². The van der Waals surface area contributed by atoms with Crippen LogP contribution in [0.5, 0.6) is 0 Å². The number of rotatable bonds is 3. The van der Waals surface area contributed by atoms with Gasteiger partial charge in [-0.1, -0.05) is 18.2 Å². The largest absolute Gasteiger partial charge is 0.464 e. The maximum atomic E-state index is 12.4. The van der Waals surface area contributed by atoms with E-state index in [2.05, 4.69) is 0 Å². The van der Waals surface area contributed by atoms with E-state index < -0.39 is 30.1 Å². The molecular weight excluding hydrogens is 262 g/mol. The lowest BCUT2D eigenvalue weighted by atomic mass is 10.1. The Hall–Kier alpha value is -1.92. The quantitative estimate of drug-likeness (QED) is 0.748. The van der Waals surface area contributed by atoms with Crippen molar-refractivity contribution in [3.05, 3.63) is 35.9 Å². The highest BCUT2D eigenvalue weighted by Crippen LogP contribution is 2.22. The van der Waals surface area contributed by atoms with E-state index in [4.69, 9.17) is 4.74 Å². The second-order valence-electron chi connectivity index (χ2n) is 4.58. The van der Waals surface area contributed by atoms with Crippen molar-refractivity contribution in [1.82, 2.24) is 4.90 Å². The van der Waals surface area contributed by atoms with Gasteiger partial charge in [0.2, 0.25) is 0 Å². The topological polar surface area (TPSA) is 87.1 Å². The first-order chi connectivity index (χ1) is 9.56. The number of hydrogen-bond acceptors (Lipinski definition) is 5. The molecule has 2 rings (SSSR count). The summed E-state index contributed by atoms with van der Waals surface area (Å²) in [6, 6.07) is 7.24. The van der Waals surface area contributed by atoms with Crippen LogP contribution in [-0.2, 0) is 9.53 Å². The van der Waals surface area contributed by atoms with Gasteiger partial charge in [-0.25, -0.2) is 4.79 Å². The number of amides is 1. The van der Waals surface area contributed by atoms with Gasteiger partial charge in [0.05, 0.1) is 13.2 Å². The van der Waals surface area contributed by atoms with Crippen molar-refractivity contribution in [1.29, 1.82) is 0 Å². The Morgan fingerprint density at radius 1 is 1.30 bits per heavy atom. The number of aliphatic hydroxyl groups is 2. The predicted molar refractivity (Wildman–Crippen MR) is 69.9 cm³/mol. The lowest BCUT2D eigenvalue weighted by Gasteiger charge is -2.24. The van der Waals surface area contributed by atoms with E-state index in [0.717, 1.165) is 4.90 Å². The molecule has 1 aromatic carbocycles. The molecule has 1 aliphatic heterocycles. The maximum Gasteiger partial charge on any atom is 0.331 e. The van der Waals surface area contributed by atoms with Crippen molar-refractivity contribution < 1.29 is 24.5 Å². The van der Waals surface area contributed by atoms with E-state index in [0.29, 0.717) is 5.56 Å². The molecule has 0 radical (unpaired) electrons. The summed E-state index contributed by atoms with van der Waals surface area (Å²) in [5, 5.41) is 19.6. The van der Waals surface area contributed by atoms with Crippen LogP contribution >= 0.6 is 0 Å². The number of esters is 1. The summed E-state index contributed by atoms with van der Waals surface area (Å²) in [5.74, 6) is -1.12. The van der Waals surface area contributed by atoms with Crippen molar-refractivity contribution in [3.63, 3.8) is 0 Å². The minimum atomic E-state index is -1.33. The van der Waals surface area contributed by atoms with Crippen molar-refractivity contribution in [2.24, 2.45) is 0 Å². The van der Waals surface area contributed by atoms with E-state index in [9.17, 15) is 19.8 Å². The molecule has 0 bridgehead atoms. The zero-order valence-electron chi connectivity index (χ0n) is 11.1. The Morgan fingerprint density at radius 3 is 2.55 bits per heavy atom. The molecule has 0 spiro atoms. The molecule has 1 aliphatic rings. The number of hydrogen-bond donors (Lipinski definition) is 2. The van der Waals surface area contributed by atoms with Gasteiger partial charge in [0.1, 0.15) is 12.2 Å². The number of carbonyl (C=O) groups excluding carboxylic acids is 2. The smallest absolute Gasteiger partial charge is 0.331 e. The summed E-state index contributed by atoms with van der Waals surface area (Å²) in [6.07, 6.45) is -2.49. The Labute approximate surface area is 116 Å². The second-order valence-corrected chi connectivity index (χ2v) is 4.58. The summed E-state index contributed by atoms with van der Waals surface area (Å²) in [7, 11) is 0. The van der Waals surface area contributed by atoms with Gasteiger partial charge in [0, 0.05) is 5.56 Å². The molecular formula is C14H17NO5. The molecule has 6 heteroatoms. The Morgan fingerprint density at radius 2 is 1.95 bits per heavy atom. The summed E-state index contributed by atoms with van der Waals surface area (Å²) in [4.78, 5) is 25.4. The predicted octanol–water partition coefficient (Wildman–Crippen LogP) is -0.204. The van der Waals surface area contributed by atoms with Crippen LogP contribution in [0, 0.1) is 0 Å². The molecule has 108 valence electrons. The summed E-state index contributed by atoms with van der Waals surface area (Å²) >= 11 is 0. The van der Waals surface area contributed by atoms with Gasteiger partial charge in [-0.2, -0.15) is 0 Å². The Balaban J connectivity index is 2.24. The fourth-order valence-corrected chi connectivity index (χ4v) is 2.27. The van der Waals surface area contributed by atoms with Crippen molar-refractivity contribution >= 4 is 11.9 Å². The standard InChI is InChI=1S/C14H17NO5/c1-2-20-14(19)11-12(17)10(16)8-15(11)13(18)9-6-4-3-5-7-9/h3-7,10-12,16-17H,2,8H2,1H3. The van der Waals surface area contributed by atoms with Gasteiger partial charge in [-0.3, -0.25) is 4.79 Å². The molecule has 0 aliphatic carbocycles. The third kappa shape index (κ3) is 2.66. The molecule has 1 amide bonds. The van der Waals surface area contributed by atoms with Crippen LogP contribution in [0.1, 0.15) is 17.3 Å². The first kappa shape index (κ1) is 14.5. The average molecular weight is 279 g/mol. The summed E-state index contributed by atoms with van der Waals surface area (Å²) in [5.41, 5.74) is 0.392. The van der Waals surface area contributed by atoms with E-state index >= 15 is 0 Å². The highest BCUT2D eigenvalue weighted by atomic mass is 16.5. The SMILES string of the molecule is CCOC(=O)C1C(O)C(O)CN1C(=O)c1ccccc1. The zero-order chi connectivity index (χ0) is 14.7. The van der Waals surface area contributed by atoms with E-state index in [1.54, 1.807) is 37.3 Å². The number of aliphatic hydroxyl groups excluding tert-OH is 2. The first-order valence-corrected chi connectivity index (χ1v) is 6.45. The number of benzene rings is 1. The lowest BCUT2D eigenvalue weighted by Crippen LogP contribution is -2.46. The molecule has 3 atom stereocenters. The number of β-amino-alcohol motifs (C(OH)–C–C–N with tert-alkyl or cyclic N) is 1. The van der Waals surface area contributed by atoms with Gasteiger partial charge >= 0.3 is 5.97 Å². The van der Waals surface area contributed by atoms with Crippen molar-refractivity contribution in [2.75, 3.05) is 13.2 Å². The molecule has 0 aromatic heterocycles. The van der Waals surface area contributed by atoms with Crippen LogP contribution in [0.4, 0.5) is 0 Å². The lowest BCUT2D eigenvalue weighted by molar-refractivity contribution is -0.151. The van der Waals surface area contributed by atoms with Gasteiger partial charge in [0.25, 0.3) is 5.91 Å². The molecule has 6 nitrogen and oxygen atoms in total. The summed E-state index contributed by atoms with van der Waals surface area (Å²) in [6.45, 7) is 1.68. The van der Waals surface area contributed by atoms with Gasteiger partial charge in [-0.15, -0.1) is 0 Å². The van der Waals surface area contributed by atoms with Crippen LogP contribution in [0.2, 0.25) is 0 Å². The van der Waals surface area contributed by atoms with Gasteiger partial charge < -0.3 is 19.8 Å². The fraction of sp³-hybridized carbons (Fsp3) is 0.429. The highest BCUT2D eigenvalue weighted by molar-refractivity contribution is 5.97. The Bertz CT molecular complexity index is 490.